The van der Waals surface area contributed by atoms with Crippen LogP contribution in [-0.4, -0.2) is 24.4 Å². The van der Waals surface area contributed by atoms with Crippen LogP contribution in [0.4, 0.5) is 18.9 Å². The fourth-order valence-electron chi connectivity index (χ4n) is 2.03. The Morgan fingerprint density at radius 2 is 1.96 bits per heavy atom. The zero-order chi connectivity index (χ0) is 17.0. The molecule has 124 valence electrons. The molecule has 0 aliphatic heterocycles. The number of nitrogens with one attached hydrogen (secondary N) is 1. The molecule has 0 saturated heterocycles. The average molecular weight is 407 g/mol. The van der Waals surface area contributed by atoms with E-state index < -0.39 is 17.6 Å². The standard InChI is InChI=1S/C15H14BrF3N2OS/c1-21(8-10-6-7-13(16)23-10)9-14(22)20-12-5-3-2-4-11(12)15(17,18)19/h2-7H,8-9H2,1H3,(H,20,22). The minimum atomic E-state index is -4.50. The van der Waals surface area contributed by atoms with Crippen molar-refractivity contribution in [3.8, 4) is 0 Å². The molecule has 8 heteroatoms. The second-order valence-corrected chi connectivity index (χ2v) is 7.52. The van der Waals surface area contributed by atoms with Gasteiger partial charge in [-0.1, -0.05) is 12.1 Å². The number of hydrogen-bond donors (Lipinski definition) is 1. The molecule has 2 rings (SSSR count). The molecule has 1 N–H and O–H groups in total. The van der Waals surface area contributed by atoms with E-state index in [1.165, 1.54) is 18.2 Å². The number of halogens is 4. The topological polar surface area (TPSA) is 32.3 Å². The van der Waals surface area contributed by atoms with E-state index >= 15 is 0 Å². The Balaban J connectivity index is 1.97. The van der Waals surface area contributed by atoms with Gasteiger partial charge in [0.25, 0.3) is 0 Å². The van der Waals surface area contributed by atoms with E-state index in [9.17, 15) is 18.0 Å². The molecular weight excluding hydrogens is 393 g/mol. The van der Waals surface area contributed by atoms with Gasteiger partial charge in [-0.25, -0.2) is 0 Å². The van der Waals surface area contributed by atoms with E-state index in [2.05, 4.69) is 21.2 Å². The molecule has 0 aliphatic rings. The molecule has 3 nitrogen and oxygen atoms in total. The van der Waals surface area contributed by atoms with Crippen LogP contribution in [0.2, 0.25) is 0 Å². The summed E-state index contributed by atoms with van der Waals surface area (Å²) in [7, 11) is 1.74. The van der Waals surface area contributed by atoms with Gasteiger partial charge in [0.15, 0.2) is 0 Å². The van der Waals surface area contributed by atoms with E-state index in [0.717, 1.165) is 14.7 Å². The molecule has 0 spiro atoms. The van der Waals surface area contributed by atoms with Crippen molar-refractivity contribution in [2.45, 2.75) is 12.7 Å². The molecule has 0 fully saturated rings. The summed E-state index contributed by atoms with van der Waals surface area (Å²) in [5, 5.41) is 2.33. The van der Waals surface area contributed by atoms with Gasteiger partial charge in [0, 0.05) is 11.4 Å². The summed E-state index contributed by atoms with van der Waals surface area (Å²) in [4.78, 5) is 14.8. The van der Waals surface area contributed by atoms with Crippen molar-refractivity contribution in [1.29, 1.82) is 0 Å². The first-order chi connectivity index (χ1) is 10.8. The SMILES string of the molecule is CN(CC(=O)Nc1ccccc1C(F)(F)F)Cc1ccc(Br)s1. The van der Waals surface area contributed by atoms with Crippen LogP contribution in [0.1, 0.15) is 10.4 Å². The first kappa shape index (κ1) is 18.0. The van der Waals surface area contributed by atoms with Crippen LogP contribution in [0.15, 0.2) is 40.2 Å². The van der Waals surface area contributed by atoms with Gasteiger partial charge >= 0.3 is 6.18 Å². The number of nitrogens with zero attached hydrogens (tertiary/aromatic N) is 1. The quantitative estimate of drug-likeness (QED) is 0.786. The summed E-state index contributed by atoms with van der Waals surface area (Å²) in [5.41, 5.74) is -1.07. The highest BCUT2D eigenvalue weighted by Gasteiger charge is 2.33. The van der Waals surface area contributed by atoms with Crippen LogP contribution in [-0.2, 0) is 17.5 Å². The molecule has 1 aromatic carbocycles. The lowest BCUT2D eigenvalue weighted by molar-refractivity contribution is -0.137. The first-order valence-electron chi connectivity index (χ1n) is 6.64. The number of thiophene rings is 1. The summed E-state index contributed by atoms with van der Waals surface area (Å²) in [5.74, 6) is -0.486. The molecule has 0 atom stereocenters. The highest BCUT2D eigenvalue weighted by molar-refractivity contribution is 9.11. The maximum Gasteiger partial charge on any atom is 0.418 e. The number of carbonyl (C=O) groups excluding carboxylic acids is 1. The smallest absolute Gasteiger partial charge is 0.324 e. The van der Waals surface area contributed by atoms with Crippen LogP contribution in [0, 0.1) is 0 Å². The highest BCUT2D eigenvalue weighted by atomic mass is 79.9. The fraction of sp³-hybridized carbons (Fsp3) is 0.267. The maximum absolute atomic E-state index is 12.9. The van der Waals surface area contributed by atoms with Crippen molar-refractivity contribution < 1.29 is 18.0 Å². The third kappa shape index (κ3) is 5.33. The Labute approximate surface area is 144 Å². The van der Waals surface area contributed by atoms with Gasteiger partial charge in [-0.2, -0.15) is 13.2 Å². The molecule has 23 heavy (non-hydrogen) atoms. The normalized spacial score (nSPS) is 11.7. The first-order valence-corrected chi connectivity index (χ1v) is 8.25. The predicted molar refractivity (Wildman–Crippen MR) is 88.4 cm³/mol. The van der Waals surface area contributed by atoms with E-state index in [4.69, 9.17) is 0 Å². The Hall–Kier alpha value is -1.38. The van der Waals surface area contributed by atoms with Crippen molar-refractivity contribution in [1.82, 2.24) is 4.90 Å². The van der Waals surface area contributed by atoms with Gasteiger partial charge in [0.2, 0.25) is 5.91 Å². The molecule has 0 aliphatic carbocycles. The van der Waals surface area contributed by atoms with Crippen molar-refractivity contribution >= 4 is 38.9 Å². The molecule has 0 saturated carbocycles. The van der Waals surface area contributed by atoms with Crippen LogP contribution < -0.4 is 5.32 Å². The monoisotopic (exact) mass is 406 g/mol. The number of para-hydroxylation sites is 1. The summed E-state index contributed by atoms with van der Waals surface area (Å²) >= 11 is 4.91. The summed E-state index contributed by atoms with van der Waals surface area (Å²) in [6.07, 6.45) is -4.50. The molecule has 2 aromatic rings. The minimum Gasteiger partial charge on any atom is -0.324 e. The second kappa shape index (κ2) is 7.46. The lowest BCUT2D eigenvalue weighted by Crippen LogP contribution is -2.30. The number of alkyl halides is 3. The Morgan fingerprint density at radius 1 is 1.26 bits per heavy atom. The summed E-state index contributed by atoms with van der Waals surface area (Å²) in [6.45, 7) is 0.548. The van der Waals surface area contributed by atoms with Gasteiger partial charge in [-0.15, -0.1) is 11.3 Å². The molecule has 0 unspecified atom stereocenters. The van der Waals surface area contributed by atoms with Gasteiger partial charge in [0.05, 0.1) is 21.6 Å². The summed E-state index contributed by atoms with van der Waals surface area (Å²) in [6, 6.07) is 8.78. The number of hydrogen-bond acceptors (Lipinski definition) is 3. The Kier molecular flexibility index (Phi) is 5.83. The van der Waals surface area contributed by atoms with Crippen molar-refractivity contribution in [2.24, 2.45) is 0 Å². The zero-order valence-corrected chi connectivity index (χ0v) is 14.6. The molecule has 0 radical (unpaired) electrons. The lowest BCUT2D eigenvalue weighted by atomic mass is 10.1. The predicted octanol–water partition coefficient (Wildman–Crippen LogP) is 4.60. The van der Waals surface area contributed by atoms with Crippen LogP contribution in [0.5, 0.6) is 0 Å². The van der Waals surface area contributed by atoms with Crippen molar-refractivity contribution in [3.05, 3.63) is 50.6 Å². The number of amides is 1. The largest absolute Gasteiger partial charge is 0.418 e. The van der Waals surface area contributed by atoms with Gasteiger partial charge in [-0.3, -0.25) is 9.69 Å². The van der Waals surface area contributed by atoms with Gasteiger partial charge in [-0.05, 0) is 47.2 Å². The number of anilines is 1. The molecule has 1 heterocycles. The van der Waals surface area contributed by atoms with Crippen LogP contribution in [0.3, 0.4) is 0 Å². The van der Waals surface area contributed by atoms with E-state index in [0.29, 0.717) is 6.54 Å². The van der Waals surface area contributed by atoms with Gasteiger partial charge in [0.1, 0.15) is 0 Å². The molecule has 1 amide bonds. The number of benzene rings is 1. The van der Waals surface area contributed by atoms with Crippen molar-refractivity contribution in [3.63, 3.8) is 0 Å². The van der Waals surface area contributed by atoms with Crippen LogP contribution in [0.25, 0.3) is 0 Å². The van der Waals surface area contributed by atoms with E-state index in [1.807, 2.05) is 12.1 Å². The third-order valence-electron chi connectivity index (χ3n) is 2.97. The number of rotatable bonds is 5. The third-order valence-corrected chi connectivity index (χ3v) is 4.58. The molecular formula is C15H14BrF3N2OS. The summed E-state index contributed by atoms with van der Waals surface area (Å²) < 4.78 is 39.6. The highest BCUT2D eigenvalue weighted by Crippen LogP contribution is 2.34. The fourth-order valence-corrected chi connectivity index (χ4v) is 3.60. The second-order valence-electron chi connectivity index (χ2n) is 4.97. The van der Waals surface area contributed by atoms with Gasteiger partial charge < -0.3 is 5.32 Å². The zero-order valence-electron chi connectivity index (χ0n) is 12.2. The van der Waals surface area contributed by atoms with Crippen LogP contribution >= 0.6 is 27.3 Å². The molecule has 1 aromatic heterocycles. The van der Waals surface area contributed by atoms with E-state index in [-0.39, 0.29) is 12.2 Å². The lowest BCUT2D eigenvalue weighted by Gasteiger charge is -2.17. The Bertz CT molecular complexity index is 687. The molecule has 0 bridgehead atoms. The number of likely N-dealkylation sites (N-methyl/N-ethyl adjacent to an activating group) is 1. The van der Waals surface area contributed by atoms with Crippen molar-refractivity contribution in [2.75, 3.05) is 18.9 Å². The van der Waals surface area contributed by atoms with E-state index in [1.54, 1.807) is 23.3 Å². The average Bonchev–Trinajstić information content (AvgIpc) is 2.83. The number of carbonyl (C=O) groups is 1. The Morgan fingerprint density at radius 3 is 2.57 bits per heavy atom. The minimum absolute atomic E-state index is 0.00170. The maximum atomic E-state index is 12.9.